The minimum absolute atomic E-state index is 0.115. The monoisotopic (exact) mass is 203 g/mol. The van der Waals surface area contributed by atoms with Crippen LogP contribution < -0.4 is 0 Å². The zero-order chi connectivity index (χ0) is 11.4. The summed E-state index contributed by atoms with van der Waals surface area (Å²) in [5.41, 5.74) is 2.96. The summed E-state index contributed by atoms with van der Waals surface area (Å²) in [5, 5.41) is 0. The van der Waals surface area contributed by atoms with Gasteiger partial charge in [0, 0.05) is 18.3 Å². The molecule has 1 heterocycles. The van der Waals surface area contributed by atoms with Crippen molar-refractivity contribution >= 4 is 11.6 Å². The van der Waals surface area contributed by atoms with E-state index < -0.39 is 0 Å². The van der Waals surface area contributed by atoms with Crippen LogP contribution in [-0.2, 0) is 11.2 Å². The predicted molar refractivity (Wildman–Crippen MR) is 63.3 cm³/mol. The number of nitrogens with zero attached hydrogens (tertiary/aromatic N) is 1. The van der Waals surface area contributed by atoms with Crippen LogP contribution in [-0.4, -0.2) is 17.9 Å². The zero-order valence-corrected chi connectivity index (χ0v) is 9.58. The van der Waals surface area contributed by atoms with Crippen molar-refractivity contribution < 1.29 is 4.79 Å². The van der Waals surface area contributed by atoms with E-state index in [0.29, 0.717) is 6.42 Å². The van der Waals surface area contributed by atoms with Crippen LogP contribution in [0.25, 0.3) is 5.70 Å². The first kappa shape index (κ1) is 11.5. The Bertz CT molecular complexity index is 382. The van der Waals surface area contributed by atoms with Gasteiger partial charge in [-0.2, -0.15) is 0 Å². The fraction of sp³-hybridized carbons (Fsp3) is 0.308. The summed E-state index contributed by atoms with van der Waals surface area (Å²) >= 11 is 0. The molecule has 15 heavy (non-hydrogen) atoms. The summed E-state index contributed by atoms with van der Waals surface area (Å²) in [7, 11) is 1.76. The number of hydrogen-bond acceptors (Lipinski definition) is 1. The summed E-state index contributed by atoms with van der Waals surface area (Å²) in [4.78, 5) is 13.0. The Hall–Kier alpha value is -1.57. The Kier molecular flexibility index (Phi) is 3.67. The van der Waals surface area contributed by atoms with Gasteiger partial charge in [-0.25, -0.2) is 0 Å². The lowest BCUT2D eigenvalue weighted by Crippen LogP contribution is -2.31. The second-order valence-corrected chi connectivity index (χ2v) is 3.23. The molecular formula is C13H17NO. The van der Waals surface area contributed by atoms with Crippen molar-refractivity contribution in [2.75, 3.05) is 7.05 Å². The second kappa shape index (κ2) is 4.78. The van der Waals surface area contributed by atoms with E-state index in [-0.39, 0.29) is 5.91 Å². The van der Waals surface area contributed by atoms with Crippen LogP contribution >= 0.6 is 0 Å². The van der Waals surface area contributed by atoms with Crippen LogP contribution in [0.3, 0.4) is 0 Å². The first-order chi connectivity index (χ1) is 7.20. The molecule has 0 spiro atoms. The maximum atomic E-state index is 11.4. The normalized spacial score (nSPS) is 14.2. The maximum absolute atomic E-state index is 11.4. The van der Waals surface area contributed by atoms with Crippen molar-refractivity contribution in [2.45, 2.75) is 20.3 Å². The molecule has 0 radical (unpaired) electrons. The number of rotatable bonds is 0. The minimum Gasteiger partial charge on any atom is -0.315 e. The van der Waals surface area contributed by atoms with Crippen molar-refractivity contribution in [1.29, 1.82) is 0 Å². The van der Waals surface area contributed by atoms with Crippen LogP contribution in [0, 0.1) is 0 Å². The molecule has 1 aromatic carbocycles. The number of likely N-dealkylation sites (N-methyl/N-ethyl adjacent to an activating group) is 1. The molecule has 0 fully saturated rings. The van der Waals surface area contributed by atoms with Gasteiger partial charge in [0.15, 0.2) is 0 Å². The zero-order valence-electron chi connectivity index (χ0n) is 9.58. The summed E-state index contributed by atoms with van der Waals surface area (Å²) < 4.78 is 0. The van der Waals surface area contributed by atoms with E-state index in [1.54, 1.807) is 11.9 Å². The molecule has 80 valence electrons. The Morgan fingerprint density at radius 1 is 1.27 bits per heavy atom. The molecule has 0 bridgehead atoms. The molecule has 0 saturated carbocycles. The third-order valence-electron chi connectivity index (χ3n) is 2.45. The third-order valence-corrected chi connectivity index (χ3v) is 2.45. The van der Waals surface area contributed by atoms with Gasteiger partial charge in [-0.3, -0.25) is 4.79 Å². The van der Waals surface area contributed by atoms with Gasteiger partial charge in [0.2, 0.25) is 5.91 Å². The van der Waals surface area contributed by atoms with Crippen molar-refractivity contribution in [2.24, 2.45) is 0 Å². The number of carbonyl (C=O) groups excluding carboxylic acids is 1. The van der Waals surface area contributed by atoms with E-state index in [1.807, 2.05) is 38.1 Å². The largest absolute Gasteiger partial charge is 0.315 e. The highest BCUT2D eigenvalue weighted by molar-refractivity contribution is 5.92. The molecule has 1 aromatic rings. The SMILES string of the molecule is C=C1c2ccccc2CC(=O)N1C.CC. The molecule has 1 aliphatic rings. The minimum atomic E-state index is 0.115. The molecule has 2 nitrogen and oxygen atoms in total. The molecule has 0 atom stereocenters. The first-order valence-corrected chi connectivity index (χ1v) is 5.24. The van der Waals surface area contributed by atoms with E-state index in [1.165, 1.54) is 0 Å². The third kappa shape index (κ3) is 2.09. The smallest absolute Gasteiger partial charge is 0.231 e. The van der Waals surface area contributed by atoms with Gasteiger partial charge >= 0.3 is 0 Å². The summed E-state index contributed by atoms with van der Waals surface area (Å²) in [5.74, 6) is 0.115. The maximum Gasteiger partial charge on any atom is 0.231 e. The van der Waals surface area contributed by atoms with Crippen molar-refractivity contribution in [1.82, 2.24) is 4.90 Å². The standard InChI is InChI=1S/C11H11NO.C2H6/c1-8-10-6-4-3-5-9(10)7-11(13)12(8)2;1-2/h3-6H,1,7H2,2H3;1-2H3. The van der Waals surface area contributed by atoms with E-state index in [4.69, 9.17) is 0 Å². The molecule has 0 unspecified atom stereocenters. The van der Waals surface area contributed by atoms with Gasteiger partial charge in [-0.1, -0.05) is 44.7 Å². The summed E-state index contributed by atoms with van der Waals surface area (Å²) in [6, 6.07) is 7.89. The van der Waals surface area contributed by atoms with Gasteiger partial charge in [0.25, 0.3) is 0 Å². The lowest BCUT2D eigenvalue weighted by atomic mass is 9.97. The number of carbonyl (C=O) groups is 1. The van der Waals surface area contributed by atoms with E-state index >= 15 is 0 Å². The molecular weight excluding hydrogens is 186 g/mol. The molecule has 2 heteroatoms. The Balaban J connectivity index is 0.000000531. The Morgan fingerprint density at radius 3 is 2.53 bits per heavy atom. The van der Waals surface area contributed by atoms with Gasteiger partial charge in [0.05, 0.1) is 6.42 Å². The average molecular weight is 203 g/mol. The van der Waals surface area contributed by atoms with Gasteiger partial charge in [-0.15, -0.1) is 0 Å². The number of hydrogen-bond donors (Lipinski definition) is 0. The van der Waals surface area contributed by atoms with Crippen molar-refractivity contribution in [3.05, 3.63) is 42.0 Å². The Labute approximate surface area is 91.2 Å². The molecule has 0 aliphatic carbocycles. The Morgan fingerprint density at radius 2 is 1.87 bits per heavy atom. The summed E-state index contributed by atoms with van der Waals surface area (Å²) in [6.45, 7) is 7.89. The van der Waals surface area contributed by atoms with Crippen LogP contribution in [0.15, 0.2) is 30.8 Å². The number of amides is 1. The molecule has 1 aliphatic heterocycles. The first-order valence-electron chi connectivity index (χ1n) is 5.24. The fourth-order valence-corrected chi connectivity index (χ4v) is 1.57. The van der Waals surface area contributed by atoms with Gasteiger partial charge in [-0.05, 0) is 5.56 Å². The lowest BCUT2D eigenvalue weighted by molar-refractivity contribution is -0.126. The van der Waals surface area contributed by atoms with Crippen LogP contribution in [0.1, 0.15) is 25.0 Å². The topological polar surface area (TPSA) is 20.3 Å². The predicted octanol–water partition coefficient (Wildman–Crippen LogP) is 2.70. The molecule has 1 amide bonds. The highest BCUT2D eigenvalue weighted by Gasteiger charge is 2.22. The van der Waals surface area contributed by atoms with E-state index in [2.05, 4.69) is 6.58 Å². The quantitative estimate of drug-likeness (QED) is 0.635. The number of benzene rings is 1. The van der Waals surface area contributed by atoms with Crippen LogP contribution in [0.4, 0.5) is 0 Å². The average Bonchev–Trinajstić information content (AvgIpc) is 2.29. The fourth-order valence-electron chi connectivity index (χ4n) is 1.57. The van der Waals surface area contributed by atoms with E-state index in [9.17, 15) is 4.79 Å². The summed E-state index contributed by atoms with van der Waals surface area (Å²) in [6.07, 6.45) is 0.492. The molecule has 0 aromatic heterocycles. The second-order valence-electron chi connectivity index (χ2n) is 3.23. The molecule has 0 saturated heterocycles. The van der Waals surface area contributed by atoms with E-state index in [0.717, 1.165) is 16.8 Å². The van der Waals surface area contributed by atoms with Crippen molar-refractivity contribution in [3.63, 3.8) is 0 Å². The molecule has 0 N–H and O–H groups in total. The molecule has 2 rings (SSSR count). The lowest BCUT2D eigenvalue weighted by Gasteiger charge is -2.27. The van der Waals surface area contributed by atoms with Crippen LogP contribution in [0.5, 0.6) is 0 Å². The highest BCUT2D eigenvalue weighted by atomic mass is 16.2. The van der Waals surface area contributed by atoms with Crippen molar-refractivity contribution in [3.8, 4) is 0 Å². The number of fused-ring (bicyclic) bond motifs is 1. The van der Waals surface area contributed by atoms with Gasteiger partial charge in [0.1, 0.15) is 0 Å². The highest BCUT2D eigenvalue weighted by Crippen LogP contribution is 2.26. The van der Waals surface area contributed by atoms with Crippen LogP contribution in [0.2, 0.25) is 0 Å². The van der Waals surface area contributed by atoms with Gasteiger partial charge < -0.3 is 4.90 Å².